The number of benzene rings is 2. The second-order valence-corrected chi connectivity index (χ2v) is 4.79. The molecule has 0 bridgehead atoms. The zero-order valence-corrected chi connectivity index (χ0v) is 11.8. The Hall–Kier alpha value is -1.02. The molecular weight excluding hydrogens is 276 g/mol. The number of hydrogen-bond donors (Lipinski definition) is 0. The summed E-state index contributed by atoms with van der Waals surface area (Å²) in [5.74, 6) is 0.995. The van der Waals surface area contributed by atoms with Crippen molar-refractivity contribution < 1.29 is 4.74 Å². The van der Waals surface area contributed by atoms with E-state index in [-0.39, 0.29) is 6.10 Å². The third-order valence-corrected chi connectivity index (χ3v) is 3.60. The summed E-state index contributed by atoms with van der Waals surface area (Å²) in [6.45, 7) is 4.24. The summed E-state index contributed by atoms with van der Waals surface area (Å²) in [7, 11) is 0. The zero-order chi connectivity index (χ0) is 12.3. The zero-order valence-electron chi connectivity index (χ0n) is 10.2. The van der Waals surface area contributed by atoms with Gasteiger partial charge in [-0.05, 0) is 30.2 Å². The Labute approximate surface area is 111 Å². The molecule has 0 heterocycles. The van der Waals surface area contributed by atoms with Crippen LogP contribution in [0.5, 0.6) is 5.75 Å². The first-order valence-corrected chi connectivity index (χ1v) is 7.11. The molecule has 2 rings (SSSR count). The molecule has 0 aliphatic heterocycles. The van der Waals surface area contributed by atoms with E-state index in [0.717, 1.165) is 17.5 Å². The molecule has 0 fully saturated rings. The first-order chi connectivity index (χ1) is 8.26. The van der Waals surface area contributed by atoms with E-state index in [9.17, 15) is 0 Å². The molecule has 2 heteroatoms. The van der Waals surface area contributed by atoms with Gasteiger partial charge in [0, 0.05) is 10.9 Å². The summed E-state index contributed by atoms with van der Waals surface area (Å²) in [5.41, 5.74) is 1.24. The van der Waals surface area contributed by atoms with Crippen LogP contribution in [0.4, 0.5) is 0 Å². The van der Waals surface area contributed by atoms with Crippen molar-refractivity contribution in [1.29, 1.82) is 0 Å². The van der Waals surface area contributed by atoms with Gasteiger partial charge in [0.2, 0.25) is 0 Å². The highest BCUT2D eigenvalue weighted by Gasteiger charge is 2.09. The van der Waals surface area contributed by atoms with Gasteiger partial charge in [-0.25, -0.2) is 0 Å². The summed E-state index contributed by atoms with van der Waals surface area (Å²) in [6.07, 6.45) is 1.28. The molecule has 0 amide bonds. The molecule has 1 nitrogen and oxygen atoms in total. The lowest BCUT2D eigenvalue weighted by Gasteiger charge is -2.16. The fourth-order valence-electron chi connectivity index (χ4n) is 1.86. The lowest BCUT2D eigenvalue weighted by atomic mass is 10.0. The van der Waals surface area contributed by atoms with Crippen molar-refractivity contribution in [3.05, 3.63) is 42.0 Å². The summed E-state index contributed by atoms with van der Waals surface area (Å²) >= 11 is 3.56. The normalized spacial score (nSPS) is 12.6. The van der Waals surface area contributed by atoms with Crippen molar-refractivity contribution in [2.24, 2.45) is 0 Å². The van der Waals surface area contributed by atoms with E-state index in [2.05, 4.69) is 66.2 Å². The van der Waals surface area contributed by atoms with Crippen LogP contribution in [-0.4, -0.2) is 6.10 Å². The van der Waals surface area contributed by atoms with Gasteiger partial charge in [0.1, 0.15) is 5.75 Å². The lowest BCUT2D eigenvalue weighted by Crippen LogP contribution is -2.10. The fraction of sp³-hybridized carbons (Fsp3) is 0.333. The Balaban J connectivity index is 2.49. The van der Waals surface area contributed by atoms with Crippen molar-refractivity contribution in [1.82, 2.24) is 0 Å². The van der Waals surface area contributed by atoms with E-state index < -0.39 is 0 Å². The molecule has 0 aromatic heterocycles. The average Bonchev–Trinajstić information content (AvgIpc) is 2.38. The molecule has 90 valence electrons. The van der Waals surface area contributed by atoms with Crippen LogP contribution in [0.15, 0.2) is 36.4 Å². The topological polar surface area (TPSA) is 9.23 Å². The standard InChI is InChI=1S/C15H17BrO/c1-3-11(2)17-15-9-8-12-6-4-5-7-13(12)14(15)10-16/h4-9,11H,3,10H2,1-2H3. The molecule has 0 saturated heterocycles. The Bertz CT molecular complexity index is 507. The quantitative estimate of drug-likeness (QED) is 0.728. The molecule has 17 heavy (non-hydrogen) atoms. The van der Waals surface area contributed by atoms with Gasteiger partial charge >= 0.3 is 0 Å². The summed E-state index contributed by atoms with van der Waals surface area (Å²) in [5, 5.41) is 3.35. The van der Waals surface area contributed by atoms with Crippen molar-refractivity contribution >= 4 is 26.7 Å². The maximum absolute atomic E-state index is 5.96. The van der Waals surface area contributed by atoms with Gasteiger partial charge in [0.25, 0.3) is 0 Å². The van der Waals surface area contributed by atoms with E-state index in [4.69, 9.17) is 4.74 Å². The van der Waals surface area contributed by atoms with Crippen molar-refractivity contribution in [3.8, 4) is 5.75 Å². The Morgan fingerprint density at radius 1 is 1.18 bits per heavy atom. The molecule has 0 aliphatic carbocycles. The molecule has 1 atom stereocenters. The molecule has 0 radical (unpaired) electrons. The number of hydrogen-bond acceptors (Lipinski definition) is 1. The summed E-state index contributed by atoms with van der Waals surface area (Å²) in [6, 6.07) is 12.6. The molecule has 0 aliphatic rings. The SMILES string of the molecule is CCC(C)Oc1ccc2ccccc2c1CBr. The van der Waals surface area contributed by atoms with Crippen LogP contribution in [0, 0.1) is 0 Å². The summed E-state index contributed by atoms with van der Waals surface area (Å²) in [4.78, 5) is 0. The van der Waals surface area contributed by atoms with E-state index >= 15 is 0 Å². The first-order valence-electron chi connectivity index (χ1n) is 5.99. The van der Waals surface area contributed by atoms with Crippen molar-refractivity contribution in [2.75, 3.05) is 0 Å². The van der Waals surface area contributed by atoms with Crippen LogP contribution in [0.1, 0.15) is 25.8 Å². The molecule has 0 N–H and O–H groups in total. The average molecular weight is 293 g/mol. The maximum Gasteiger partial charge on any atom is 0.124 e. The molecule has 1 unspecified atom stereocenters. The van der Waals surface area contributed by atoms with E-state index in [0.29, 0.717) is 0 Å². The number of ether oxygens (including phenoxy) is 1. The number of rotatable bonds is 4. The predicted molar refractivity (Wildman–Crippen MR) is 77.0 cm³/mol. The van der Waals surface area contributed by atoms with Crippen molar-refractivity contribution in [2.45, 2.75) is 31.7 Å². The number of halogens is 1. The van der Waals surface area contributed by atoms with Crippen LogP contribution in [-0.2, 0) is 5.33 Å². The predicted octanol–water partition coefficient (Wildman–Crippen LogP) is 4.91. The highest BCUT2D eigenvalue weighted by molar-refractivity contribution is 9.08. The highest BCUT2D eigenvalue weighted by atomic mass is 79.9. The first kappa shape index (κ1) is 12.4. The minimum Gasteiger partial charge on any atom is -0.490 e. The molecule has 0 saturated carbocycles. The fourth-order valence-corrected chi connectivity index (χ4v) is 2.44. The van der Waals surface area contributed by atoms with E-state index in [1.165, 1.54) is 16.3 Å². The minimum absolute atomic E-state index is 0.258. The second kappa shape index (κ2) is 5.54. The van der Waals surface area contributed by atoms with Crippen LogP contribution in [0.25, 0.3) is 10.8 Å². The lowest BCUT2D eigenvalue weighted by molar-refractivity contribution is 0.216. The van der Waals surface area contributed by atoms with Gasteiger partial charge in [-0.3, -0.25) is 0 Å². The van der Waals surface area contributed by atoms with Gasteiger partial charge in [0.15, 0.2) is 0 Å². The van der Waals surface area contributed by atoms with Crippen LogP contribution >= 0.6 is 15.9 Å². The molecule has 2 aromatic rings. The molecule has 2 aromatic carbocycles. The van der Waals surface area contributed by atoms with E-state index in [1.54, 1.807) is 0 Å². The van der Waals surface area contributed by atoms with Gasteiger partial charge in [-0.15, -0.1) is 0 Å². The molecular formula is C15H17BrO. The van der Waals surface area contributed by atoms with Crippen LogP contribution in [0.3, 0.4) is 0 Å². The third-order valence-electron chi connectivity index (χ3n) is 3.03. The molecule has 0 spiro atoms. The van der Waals surface area contributed by atoms with E-state index in [1.807, 2.05) is 0 Å². The van der Waals surface area contributed by atoms with Gasteiger partial charge < -0.3 is 4.74 Å². The largest absolute Gasteiger partial charge is 0.490 e. The monoisotopic (exact) mass is 292 g/mol. The maximum atomic E-state index is 5.96. The highest BCUT2D eigenvalue weighted by Crippen LogP contribution is 2.30. The Morgan fingerprint density at radius 3 is 2.65 bits per heavy atom. The van der Waals surface area contributed by atoms with Crippen LogP contribution in [0.2, 0.25) is 0 Å². The Kier molecular flexibility index (Phi) is 4.06. The van der Waals surface area contributed by atoms with Gasteiger partial charge in [-0.1, -0.05) is 53.2 Å². The van der Waals surface area contributed by atoms with Crippen molar-refractivity contribution in [3.63, 3.8) is 0 Å². The Morgan fingerprint density at radius 2 is 1.94 bits per heavy atom. The number of fused-ring (bicyclic) bond motifs is 1. The second-order valence-electron chi connectivity index (χ2n) is 4.23. The summed E-state index contributed by atoms with van der Waals surface area (Å²) < 4.78 is 5.96. The van der Waals surface area contributed by atoms with Crippen LogP contribution < -0.4 is 4.74 Å². The van der Waals surface area contributed by atoms with Gasteiger partial charge in [-0.2, -0.15) is 0 Å². The number of alkyl halides is 1. The third kappa shape index (κ3) is 2.63. The van der Waals surface area contributed by atoms with Gasteiger partial charge in [0.05, 0.1) is 6.10 Å². The minimum atomic E-state index is 0.258. The smallest absolute Gasteiger partial charge is 0.124 e.